The van der Waals surface area contributed by atoms with E-state index in [-0.39, 0.29) is 11.6 Å². The lowest BCUT2D eigenvalue weighted by molar-refractivity contribution is 0.431. The zero-order valence-corrected chi connectivity index (χ0v) is 13.4. The summed E-state index contributed by atoms with van der Waals surface area (Å²) in [4.78, 5) is 4.29. The van der Waals surface area contributed by atoms with Gasteiger partial charge in [0.25, 0.3) is 5.89 Å². The molecule has 21 heavy (non-hydrogen) atoms. The van der Waals surface area contributed by atoms with E-state index in [4.69, 9.17) is 27.7 Å². The number of halogens is 3. The van der Waals surface area contributed by atoms with E-state index in [9.17, 15) is 5.11 Å². The van der Waals surface area contributed by atoms with Crippen molar-refractivity contribution in [2.24, 2.45) is 0 Å². The van der Waals surface area contributed by atoms with Crippen LogP contribution >= 0.6 is 39.1 Å². The highest BCUT2D eigenvalue weighted by Crippen LogP contribution is 2.32. The molecule has 106 valence electrons. The highest BCUT2D eigenvalue weighted by Gasteiger charge is 2.14. The number of aromatic hydroxyl groups is 1. The minimum Gasteiger partial charge on any atom is -0.508 e. The zero-order chi connectivity index (χ0) is 15.0. The van der Waals surface area contributed by atoms with Crippen LogP contribution in [0.25, 0.3) is 22.8 Å². The first kappa shape index (κ1) is 14.4. The van der Waals surface area contributed by atoms with Crippen LogP contribution in [0.5, 0.6) is 5.75 Å². The minimum atomic E-state index is 0.0726. The van der Waals surface area contributed by atoms with Gasteiger partial charge in [0, 0.05) is 10.0 Å². The summed E-state index contributed by atoms with van der Waals surface area (Å²) < 4.78 is 5.95. The highest BCUT2D eigenvalue weighted by molar-refractivity contribution is 9.10. The molecule has 7 heteroatoms. The summed E-state index contributed by atoms with van der Waals surface area (Å²) >= 11 is 15.4. The molecular weight excluding hydrogens is 379 g/mol. The number of phenolic OH excluding ortho intramolecular Hbond substituents is 1. The first-order chi connectivity index (χ1) is 10.0. The van der Waals surface area contributed by atoms with Crippen molar-refractivity contribution in [3.05, 3.63) is 50.9 Å². The first-order valence-corrected chi connectivity index (χ1v) is 7.37. The van der Waals surface area contributed by atoms with Gasteiger partial charge in [-0.3, -0.25) is 0 Å². The number of aromatic nitrogens is 2. The standard InChI is InChI=1S/C14H7BrCl2N2O2/c15-10-5-7(1-3-12(10)17)13-18-14(21-19-13)9-6-8(20)2-4-11(9)16/h1-6,20H. The summed E-state index contributed by atoms with van der Waals surface area (Å²) in [7, 11) is 0. The summed E-state index contributed by atoms with van der Waals surface area (Å²) in [6, 6.07) is 9.83. The maximum atomic E-state index is 9.52. The molecule has 3 rings (SSSR count). The maximum Gasteiger partial charge on any atom is 0.259 e. The van der Waals surface area contributed by atoms with Crippen molar-refractivity contribution >= 4 is 39.1 Å². The van der Waals surface area contributed by atoms with Gasteiger partial charge >= 0.3 is 0 Å². The highest BCUT2D eigenvalue weighted by atomic mass is 79.9. The largest absolute Gasteiger partial charge is 0.508 e. The topological polar surface area (TPSA) is 59.2 Å². The molecule has 0 radical (unpaired) electrons. The third-order valence-electron chi connectivity index (χ3n) is 2.78. The number of hydrogen-bond acceptors (Lipinski definition) is 4. The second kappa shape index (κ2) is 5.67. The molecule has 1 heterocycles. The molecule has 0 bridgehead atoms. The van der Waals surface area contributed by atoms with Gasteiger partial charge in [-0.1, -0.05) is 28.4 Å². The lowest BCUT2D eigenvalue weighted by Crippen LogP contribution is -1.83. The van der Waals surface area contributed by atoms with Crippen LogP contribution in [0, 0.1) is 0 Å². The summed E-state index contributed by atoms with van der Waals surface area (Å²) in [5.74, 6) is 0.710. The van der Waals surface area contributed by atoms with E-state index in [2.05, 4.69) is 26.1 Å². The van der Waals surface area contributed by atoms with E-state index in [0.29, 0.717) is 21.4 Å². The maximum absolute atomic E-state index is 9.52. The van der Waals surface area contributed by atoms with Crippen LogP contribution in [-0.2, 0) is 0 Å². The molecule has 0 aliphatic carbocycles. The second-order valence-corrected chi connectivity index (χ2v) is 5.88. The molecule has 3 aromatic rings. The van der Waals surface area contributed by atoms with Gasteiger partial charge in [-0.15, -0.1) is 0 Å². The Morgan fingerprint density at radius 3 is 2.57 bits per heavy atom. The van der Waals surface area contributed by atoms with Crippen molar-refractivity contribution < 1.29 is 9.63 Å². The molecule has 0 fully saturated rings. The SMILES string of the molecule is Oc1ccc(Cl)c(-c2nc(-c3ccc(Cl)c(Br)c3)no2)c1. The molecule has 1 N–H and O–H groups in total. The fourth-order valence-electron chi connectivity index (χ4n) is 1.76. The second-order valence-electron chi connectivity index (χ2n) is 4.22. The number of rotatable bonds is 2. The van der Waals surface area contributed by atoms with Crippen molar-refractivity contribution in [3.63, 3.8) is 0 Å². The smallest absolute Gasteiger partial charge is 0.259 e. The van der Waals surface area contributed by atoms with Gasteiger partial charge < -0.3 is 9.63 Å². The molecule has 0 saturated heterocycles. The fraction of sp³-hybridized carbons (Fsp3) is 0. The van der Waals surface area contributed by atoms with Crippen molar-refractivity contribution in [1.82, 2.24) is 10.1 Å². The Hall–Kier alpha value is -1.56. The predicted molar refractivity (Wildman–Crippen MR) is 84.6 cm³/mol. The van der Waals surface area contributed by atoms with Crippen LogP contribution in [0.3, 0.4) is 0 Å². The van der Waals surface area contributed by atoms with Crippen LogP contribution in [0.15, 0.2) is 45.4 Å². The molecule has 0 spiro atoms. The van der Waals surface area contributed by atoms with Crippen LogP contribution in [0.1, 0.15) is 0 Å². The Labute approximate surface area is 138 Å². The van der Waals surface area contributed by atoms with Crippen LogP contribution < -0.4 is 0 Å². The van der Waals surface area contributed by atoms with Crippen LogP contribution in [0.2, 0.25) is 10.0 Å². The van der Waals surface area contributed by atoms with Gasteiger partial charge in [-0.05, 0) is 52.3 Å². The summed E-state index contributed by atoms with van der Waals surface area (Å²) in [5, 5.41) is 14.4. The number of nitrogens with zero attached hydrogens (tertiary/aromatic N) is 2. The van der Waals surface area contributed by atoms with E-state index in [1.165, 1.54) is 12.1 Å². The van der Waals surface area contributed by atoms with Crippen molar-refractivity contribution in [1.29, 1.82) is 0 Å². The average molecular weight is 386 g/mol. The molecule has 1 aromatic heterocycles. The van der Waals surface area contributed by atoms with Gasteiger partial charge in [-0.25, -0.2) is 0 Å². The number of benzene rings is 2. The van der Waals surface area contributed by atoms with E-state index in [1.54, 1.807) is 24.3 Å². The number of phenols is 1. The van der Waals surface area contributed by atoms with Gasteiger partial charge in [0.1, 0.15) is 5.75 Å². The molecule has 2 aromatic carbocycles. The Morgan fingerprint density at radius 2 is 1.81 bits per heavy atom. The van der Waals surface area contributed by atoms with Gasteiger partial charge in [-0.2, -0.15) is 4.98 Å². The first-order valence-electron chi connectivity index (χ1n) is 5.82. The lowest BCUT2D eigenvalue weighted by Gasteiger charge is -1.99. The molecule has 0 saturated carbocycles. The van der Waals surface area contributed by atoms with Gasteiger partial charge in [0.05, 0.1) is 15.6 Å². The van der Waals surface area contributed by atoms with Gasteiger partial charge in [0.2, 0.25) is 5.82 Å². The molecule has 0 atom stereocenters. The zero-order valence-electron chi connectivity index (χ0n) is 10.3. The summed E-state index contributed by atoms with van der Waals surface area (Å²) in [5.41, 5.74) is 1.22. The van der Waals surface area contributed by atoms with Crippen molar-refractivity contribution in [3.8, 4) is 28.6 Å². The number of hydrogen-bond donors (Lipinski definition) is 1. The monoisotopic (exact) mass is 384 g/mol. The van der Waals surface area contributed by atoms with E-state index in [1.807, 2.05) is 0 Å². The summed E-state index contributed by atoms with van der Waals surface area (Å²) in [6.07, 6.45) is 0. The van der Waals surface area contributed by atoms with Crippen LogP contribution in [-0.4, -0.2) is 15.2 Å². The Bertz CT molecular complexity index is 820. The van der Waals surface area contributed by atoms with Crippen molar-refractivity contribution in [2.45, 2.75) is 0 Å². The van der Waals surface area contributed by atoms with Crippen LogP contribution in [0.4, 0.5) is 0 Å². The summed E-state index contributed by atoms with van der Waals surface area (Å²) in [6.45, 7) is 0. The quantitative estimate of drug-likeness (QED) is 0.660. The third-order valence-corrected chi connectivity index (χ3v) is 4.33. The lowest BCUT2D eigenvalue weighted by atomic mass is 10.2. The average Bonchev–Trinajstić information content (AvgIpc) is 2.94. The van der Waals surface area contributed by atoms with E-state index in [0.717, 1.165) is 10.0 Å². The fourth-order valence-corrected chi connectivity index (χ4v) is 2.46. The molecule has 0 aliphatic rings. The Morgan fingerprint density at radius 1 is 1.05 bits per heavy atom. The molecule has 0 amide bonds. The molecule has 0 aliphatic heterocycles. The van der Waals surface area contributed by atoms with E-state index >= 15 is 0 Å². The van der Waals surface area contributed by atoms with E-state index < -0.39 is 0 Å². The molecular formula is C14H7BrCl2N2O2. The van der Waals surface area contributed by atoms with Crippen molar-refractivity contribution in [2.75, 3.05) is 0 Å². The third kappa shape index (κ3) is 2.90. The normalized spacial score (nSPS) is 10.8. The molecule has 0 unspecified atom stereocenters. The predicted octanol–water partition coefficient (Wildman–Crippen LogP) is 5.18. The molecule has 4 nitrogen and oxygen atoms in total. The Balaban J connectivity index is 2.03. The Kier molecular flexibility index (Phi) is 3.89. The minimum absolute atomic E-state index is 0.0726. The van der Waals surface area contributed by atoms with Gasteiger partial charge in [0.15, 0.2) is 0 Å².